The molecule has 35 heavy (non-hydrogen) atoms. The van der Waals surface area contributed by atoms with Gasteiger partial charge >= 0.3 is 0 Å². The van der Waals surface area contributed by atoms with Crippen molar-refractivity contribution in [1.82, 2.24) is 4.98 Å². The number of carbonyl (C=O) groups is 2. The minimum Gasteiger partial charge on any atom is -0.493 e. The predicted molar refractivity (Wildman–Crippen MR) is 125 cm³/mol. The van der Waals surface area contributed by atoms with Crippen LogP contribution in [0.2, 0.25) is 0 Å². The lowest BCUT2D eigenvalue weighted by Gasteiger charge is -2.42. The fourth-order valence-corrected chi connectivity index (χ4v) is 7.02. The smallest absolute Gasteiger partial charge is 0.244 e. The van der Waals surface area contributed by atoms with E-state index in [0.717, 1.165) is 10.2 Å². The molecule has 7 rings (SSSR count). The van der Waals surface area contributed by atoms with Crippen LogP contribution < -0.4 is 19.1 Å². The molecule has 4 aliphatic rings. The maximum Gasteiger partial charge on any atom is 0.244 e. The highest BCUT2D eigenvalue weighted by atomic mass is 32.1. The third-order valence-electron chi connectivity index (χ3n) is 8.03. The van der Waals surface area contributed by atoms with E-state index in [4.69, 9.17) is 18.9 Å². The molecule has 4 aliphatic heterocycles. The summed E-state index contributed by atoms with van der Waals surface area (Å²) in [6.45, 7) is 2.08. The Labute approximate surface area is 204 Å². The highest BCUT2D eigenvalue weighted by Crippen LogP contribution is 2.64. The summed E-state index contributed by atoms with van der Waals surface area (Å²) in [4.78, 5) is 33.4. The van der Waals surface area contributed by atoms with Crippen LogP contribution in [0.4, 0.5) is 5.69 Å². The summed E-state index contributed by atoms with van der Waals surface area (Å²) in [6, 6.07) is 10.7. The van der Waals surface area contributed by atoms with Crippen molar-refractivity contribution in [2.24, 2.45) is 11.3 Å². The highest BCUT2D eigenvalue weighted by molar-refractivity contribution is 7.16. The van der Waals surface area contributed by atoms with Crippen LogP contribution in [-0.2, 0) is 14.3 Å². The number of nitrogens with zero attached hydrogens (tertiary/aromatic N) is 2. The lowest BCUT2D eigenvalue weighted by molar-refractivity contribution is -0.148. The molecule has 2 bridgehead atoms. The fraction of sp³-hybridized carbons (Fsp3) is 0.400. The number of imide groups is 1. The molecule has 0 saturated carbocycles. The molecular formula is C25H22N2O7S. The topological polar surface area (TPSA) is 107 Å². The number of rotatable bonds is 5. The van der Waals surface area contributed by atoms with E-state index in [2.05, 4.69) is 4.98 Å². The Morgan fingerprint density at radius 3 is 2.94 bits per heavy atom. The monoisotopic (exact) mass is 494 g/mol. The summed E-state index contributed by atoms with van der Waals surface area (Å²) in [5.41, 5.74) is 0.648. The van der Waals surface area contributed by atoms with Gasteiger partial charge in [-0.3, -0.25) is 9.59 Å². The van der Waals surface area contributed by atoms with E-state index in [0.29, 0.717) is 29.4 Å². The zero-order chi connectivity index (χ0) is 23.9. The summed E-state index contributed by atoms with van der Waals surface area (Å²) < 4.78 is 23.8. The molecule has 10 heteroatoms. The molecule has 5 atom stereocenters. The molecule has 180 valence electrons. The normalized spacial score (nSPS) is 32.6. The average Bonchev–Trinajstić information content (AvgIpc) is 3.62. The third-order valence-corrected chi connectivity index (χ3v) is 8.82. The highest BCUT2D eigenvalue weighted by Gasteiger charge is 2.79. The standard InChI is InChI=1S/C25H22N2O7S/c1-24-20(28)10-18(34-24)21-22(29)27(13-2-4-15-19(8-13)35-11-26-15)23(30)25(21,24)6-7-31-14-3-5-16-17(9-14)33-12-32-16/h2-5,8-9,11,18,20-21,28H,6-7,10,12H2,1H3. The van der Waals surface area contributed by atoms with E-state index in [9.17, 15) is 14.7 Å². The van der Waals surface area contributed by atoms with Crippen LogP contribution in [-0.4, -0.2) is 53.1 Å². The van der Waals surface area contributed by atoms with E-state index in [1.807, 2.05) is 12.1 Å². The number of anilines is 1. The number of hydrogen-bond donors (Lipinski definition) is 1. The predicted octanol–water partition coefficient (Wildman–Crippen LogP) is 2.89. The second-order valence-corrected chi connectivity index (χ2v) is 10.4. The first-order chi connectivity index (χ1) is 16.9. The van der Waals surface area contributed by atoms with Crippen LogP contribution in [0, 0.1) is 11.3 Å². The molecule has 5 heterocycles. The molecule has 2 aromatic carbocycles. The van der Waals surface area contributed by atoms with Crippen molar-refractivity contribution >= 4 is 39.1 Å². The second kappa shape index (κ2) is 7.16. The van der Waals surface area contributed by atoms with Crippen LogP contribution in [0.15, 0.2) is 41.9 Å². The van der Waals surface area contributed by atoms with Gasteiger partial charge in [0.1, 0.15) is 11.4 Å². The van der Waals surface area contributed by atoms with Crippen LogP contribution in [0.1, 0.15) is 19.8 Å². The van der Waals surface area contributed by atoms with E-state index < -0.39 is 29.1 Å². The molecule has 3 fully saturated rings. The molecule has 2 amide bonds. The molecule has 5 unspecified atom stereocenters. The number of aliphatic hydroxyl groups is 1. The van der Waals surface area contributed by atoms with Gasteiger partial charge in [0, 0.05) is 12.5 Å². The fourth-order valence-electron chi connectivity index (χ4n) is 6.31. The molecule has 1 N–H and O–H groups in total. The Morgan fingerprint density at radius 1 is 1.20 bits per heavy atom. The lowest BCUT2D eigenvalue weighted by atomic mass is 9.58. The van der Waals surface area contributed by atoms with Gasteiger partial charge in [-0.05, 0) is 43.7 Å². The van der Waals surface area contributed by atoms with Crippen LogP contribution in [0.3, 0.4) is 0 Å². The molecule has 9 nitrogen and oxygen atoms in total. The number of carbonyl (C=O) groups excluding carboxylic acids is 2. The SMILES string of the molecule is CC12OC(CC1O)C1C(=O)N(c3ccc4ncsc4c3)C(=O)C12CCOc1ccc2c(c1)OCO2. The Kier molecular flexibility index (Phi) is 4.32. The number of hydrogen-bond acceptors (Lipinski definition) is 9. The minimum atomic E-state index is -1.23. The molecule has 3 saturated heterocycles. The van der Waals surface area contributed by atoms with Gasteiger partial charge in [0.2, 0.25) is 18.6 Å². The quantitative estimate of drug-likeness (QED) is 0.540. The van der Waals surface area contributed by atoms with Gasteiger partial charge in [0.25, 0.3) is 0 Å². The number of aromatic nitrogens is 1. The van der Waals surface area contributed by atoms with Crippen LogP contribution >= 0.6 is 11.3 Å². The second-order valence-electron chi connectivity index (χ2n) is 9.56. The van der Waals surface area contributed by atoms with Crippen LogP contribution in [0.25, 0.3) is 10.2 Å². The number of aliphatic hydroxyl groups excluding tert-OH is 1. The van der Waals surface area contributed by atoms with Crippen molar-refractivity contribution in [2.75, 3.05) is 18.3 Å². The summed E-state index contributed by atoms with van der Waals surface area (Å²) in [7, 11) is 0. The zero-order valence-corrected chi connectivity index (χ0v) is 19.6. The molecule has 1 aromatic heterocycles. The first kappa shape index (κ1) is 21.1. The van der Waals surface area contributed by atoms with Crippen molar-refractivity contribution in [3.8, 4) is 17.2 Å². The number of thiazole rings is 1. The summed E-state index contributed by atoms with van der Waals surface area (Å²) in [6.07, 6.45) is -0.823. The number of benzene rings is 2. The Bertz CT molecular complexity index is 1390. The maximum absolute atomic E-state index is 14.1. The Hall–Kier alpha value is -3.21. The van der Waals surface area contributed by atoms with Crippen molar-refractivity contribution in [2.45, 2.75) is 37.6 Å². The van der Waals surface area contributed by atoms with Gasteiger partial charge in [0.15, 0.2) is 11.5 Å². The van der Waals surface area contributed by atoms with E-state index in [-0.39, 0.29) is 31.6 Å². The van der Waals surface area contributed by atoms with Gasteiger partial charge in [-0.1, -0.05) is 0 Å². The van der Waals surface area contributed by atoms with Crippen molar-refractivity contribution in [1.29, 1.82) is 0 Å². The van der Waals surface area contributed by atoms with Crippen molar-refractivity contribution in [3.05, 3.63) is 41.9 Å². The Balaban J connectivity index is 1.23. The van der Waals surface area contributed by atoms with E-state index in [1.54, 1.807) is 36.7 Å². The first-order valence-electron chi connectivity index (χ1n) is 11.5. The minimum absolute atomic E-state index is 0.162. The zero-order valence-electron chi connectivity index (χ0n) is 18.8. The molecule has 0 spiro atoms. The van der Waals surface area contributed by atoms with Gasteiger partial charge in [0.05, 0.1) is 51.6 Å². The largest absolute Gasteiger partial charge is 0.493 e. The number of fused-ring (bicyclic) bond motifs is 7. The molecular weight excluding hydrogens is 472 g/mol. The van der Waals surface area contributed by atoms with E-state index >= 15 is 0 Å². The maximum atomic E-state index is 14.1. The average molecular weight is 495 g/mol. The van der Waals surface area contributed by atoms with E-state index in [1.165, 1.54) is 16.2 Å². The van der Waals surface area contributed by atoms with Gasteiger partial charge in [-0.25, -0.2) is 9.88 Å². The number of ether oxygens (including phenoxy) is 4. The van der Waals surface area contributed by atoms with Crippen molar-refractivity contribution in [3.63, 3.8) is 0 Å². The van der Waals surface area contributed by atoms with Gasteiger partial charge in [-0.2, -0.15) is 0 Å². The number of amides is 2. The first-order valence-corrected chi connectivity index (χ1v) is 12.4. The van der Waals surface area contributed by atoms with Crippen molar-refractivity contribution < 1.29 is 33.6 Å². The summed E-state index contributed by atoms with van der Waals surface area (Å²) >= 11 is 1.45. The third kappa shape index (κ3) is 2.67. The van der Waals surface area contributed by atoms with Gasteiger partial charge in [-0.15, -0.1) is 11.3 Å². The molecule has 3 aromatic rings. The Morgan fingerprint density at radius 2 is 2.06 bits per heavy atom. The summed E-state index contributed by atoms with van der Waals surface area (Å²) in [5.74, 6) is 0.498. The van der Waals surface area contributed by atoms with Gasteiger partial charge < -0.3 is 24.1 Å². The molecule has 0 aliphatic carbocycles. The summed E-state index contributed by atoms with van der Waals surface area (Å²) in [5, 5.41) is 10.9. The van der Waals surface area contributed by atoms with Crippen LogP contribution in [0.5, 0.6) is 17.2 Å². The molecule has 0 radical (unpaired) electrons. The lowest BCUT2D eigenvalue weighted by Crippen LogP contribution is -2.58.